The summed E-state index contributed by atoms with van der Waals surface area (Å²) in [5.74, 6) is 0. The Bertz CT molecular complexity index is 236. The number of benzene rings is 1. The maximum absolute atomic E-state index is 8.93. The highest BCUT2D eigenvalue weighted by atomic mass is 16.5. The van der Waals surface area contributed by atoms with Gasteiger partial charge in [0.25, 0.3) is 0 Å². The van der Waals surface area contributed by atoms with E-state index in [1.54, 1.807) is 7.11 Å². The van der Waals surface area contributed by atoms with Gasteiger partial charge < -0.3 is 14.6 Å². The normalized spacial score (nSPS) is 12.7. The van der Waals surface area contributed by atoms with Crippen LogP contribution in [0.3, 0.4) is 0 Å². The zero-order valence-corrected chi connectivity index (χ0v) is 8.35. The molecule has 0 aromatic heterocycles. The molecule has 3 nitrogen and oxygen atoms in total. The van der Waals surface area contributed by atoms with E-state index in [0.29, 0.717) is 13.2 Å². The number of ether oxygens (including phenoxy) is 2. The van der Waals surface area contributed by atoms with Crippen LogP contribution in [0.1, 0.15) is 5.56 Å². The Labute approximate surface area is 84.3 Å². The van der Waals surface area contributed by atoms with Gasteiger partial charge in [0.05, 0.1) is 19.8 Å². The van der Waals surface area contributed by atoms with Gasteiger partial charge in [-0.05, 0) is 5.56 Å². The molecule has 0 saturated carbocycles. The van der Waals surface area contributed by atoms with Crippen LogP contribution in [0.5, 0.6) is 0 Å². The van der Waals surface area contributed by atoms with E-state index in [1.165, 1.54) is 0 Å². The molecule has 0 aliphatic heterocycles. The van der Waals surface area contributed by atoms with E-state index in [2.05, 4.69) is 0 Å². The summed E-state index contributed by atoms with van der Waals surface area (Å²) in [5, 5.41) is 8.93. The van der Waals surface area contributed by atoms with Crippen molar-refractivity contribution in [2.45, 2.75) is 12.7 Å². The fourth-order valence-electron chi connectivity index (χ4n) is 1.13. The van der Waals surface area contributed by atoms with Crippen molar-refractivity contribution < 1.29 is 14.6 Å². The van der Waals surface area contributed by atoms with Crippen molar-refractivity contribution in [2.24, 2.45) is 0 Å². The van der Waals surface area contributed by atoms with Crippen LogP contribution in [-0.4, -0.2) is 31.5 Å². The summed E-state index contributed by atoms with van der Waals surface area (Å²) in [6, 6.07) is 9.86. The number of rotatable bonds is 6. The quantitative estimate of drug-likeness (QED) is 0.743. The van der Waals surface area contributed by atoms with Crippen LogP contribution >= 0.6 is 0 Å². The first-order chi connectivity index (χ1) is 6.86. The summed E-state index contributed by atoms with van der Waals surface area (Å²) >= 11 is 0. The molecule has 1 aromatic rings. The van der Waals surface area contributed by atoms with Gasteiger partial charge in [0.1, 0.15) is 6.10 Å². The maximum atomic E-state index is 8.93. The van der Waals surface area contributed by atoms with Gasteiger partial charge in [-0.3, -0.25) is 0 Å². The van der Waals surface area contributed by atoms with Gasteiger partial charge in [0.15, 0.2) is 0 Å². The van der Waals surface area contributed by atoms with Crippen LogP contribution in [0, 0.1) is 0 Å². The molecule has 0 saturated heterocycles. The summed E-state index contributed by atoms with van der Waals surface area (Å²) < 4.78 is 10.3. The molecule has 14 heavy (non-hydrogen) atoms. The molecular formula is C11H16O3. The first-order valence-electron chi connectivity index (χ1n) is 4.62. The molecule has 0 spiro atoms. The number of aliphatic hydroxyl groups excluding tert-OH is 1. The molecule has 1 unspecified atom stereocenters. The van der Waals surface area contributed by atoms with E-state index < -0.39 is 0 Å². The standard InChI is InChI=1S/C11H16O3/c1-13-9-11(7-12)14-8-10-5-3-2-4-6-10/h2-6,11-12H,7-9H2,1H3. The molecule has 0 amide bonds. The van der Waals surface area contributed by atoms with E-state index in [0.717, 1.165) is 5.56 Å². The molecule has 3 heteroatoms. The minimum atomic E-state index is -0.236. The van der Waals surface area contributed by atoms with Crippen molar-refractivity contribution in [1.29, 1.82) is 0 Å². The third-order valence-corrected chi connectivity index (χ3v) is 1.88. The van der Waals surface area contributed by atoms with Crippen LogP contribution in [0.25, 0.3) is 0 Å². The van der Waals surface area contributed by atoms with Crippen LogP contribution < -0.4 is 0 Å². The molecule has 1 aromatic carbocycles. The predicted octanol–water partition coefficient (Wildman–Crippen LogP) is 1.21. The highest BCUT2D eigenvalue weighted by Crippen LogP contribution is 2.03. The fourth-order valence-corrected chi connectivity index (χ4v) is 1.13. The molecule has 1 N–H and O–H groups in total. The van der Waals surface area contributed by atoms with Crippen LogP contribution in [-0.2, 0) is 16.1 Å². The zero-order chi connectivity index (χ0) is 10.2. The summed E-state index contributed by atoms with van der Waals surface area (Å²) in [5.41, 5.74) is 1.10. The Morgan fingerprint density at radius 2 is 2.00 bits per heavy atom. The molecule has 0 radical (unpaired) electrons. The largest absolute Gasteiger partial charge is 0.394 e. The van der Waals surface area contributed by atoms with Crippen LogP contribution in [0.15, 0.2) is 30.3 Å². The van der Waals surface area contributed by atoms with E-state index >= 15 is 0 Å². The summed E-state index contributed by atoms with van der Waals surface area (Å²) in [6.07, 6.45) is -0.236. The lowest BCUT2D eigenvalue weighted by Crippen LogP contribution is -2.23. The Balaban J connectivity index is 2.32. The van der Waals surface area contributed by atoms with E-state index in [9.17, 15) is 0 Å². The third-order valence-electron chi connectivity index (χ3n) is 1.88. The van der Waals surface area contributed by atoms with Crippen molar-refractivity contribution in [2.75, 3.05) is 20.3 Å². The van der Waals surface area contributed by atoms with Gasteiger partial charge in [0.2, 0.25) is 0 Å². The molecule has 1 rings (SSSR count). The van der Waals surface area contributed by atoms with E-state index in [4.69, 9.17) is 14.6 Å². The van der Waals surface area contributed by atoms with E-state index in [-0.39, 0.29) is 12.7 Å². The number of methoxy groups -OCH3 is 1. The van der Waals surface area contributed by atoms with Gasteiger partial charge in [-0.25, -0.2) is 0 Å². The van der Waals surface area contributed by atoms with Crippen LogP contribution in [0.2, 0.25) is 0 Å². The van der Waals surface area contributed by atoms with Crippen LogP contribution in [0.4, 0.5) is 0 Å². The van der Waals surface area contributed by atoms with Gasteiger partial charge in [-0.1, -0.05) is 30.3 Å². The second-order valence-corrected chi connectivity index (χ2v) is 3.06. The summed E-state index contributed by atoms with van der Waals surface area (Å²) in [7, 11) is 1.59. The molecule has 0 bridgehead atoms. The smallest absolute Gasteiger partial charge is 0.104 e. The summed E-state index contributed by atoms with van der Waals surface area (Å²) in [6.45, 7) is 0.916. The zero-order valence-electron chi connectivity index (χ0n) is 8.35. The average Bonchev–Trinajstić information content (AvgIpc) is 2.25. The molecule has 78 valence electrons. The Hall–Kier alpha value is -0.900. The van der Waals surface area contributed by atoms with E-state index in [1.807, 2.05) is 30.3 Å². The highest BCUT2D eigenvalue weighted by Gasteiger charge is 2.06. The first kappa shape index (κ1) is 11.2. The lowest BCUT2D eigenvalue weighted by Gasteiger charge is -2.14. The summed E-state index contributed by atoms with van der Waals surface area (Å²) in [4.78, 5) is 0. The minimum absolute atomic E-state index is 0.0132. The van der Waals surface area contributed by atoms with Crippen molar-refractivity contribution >= 4 is 0 Å². The molecular weight excluding hydrogens is 180 g/mol. The predicted molar refractivity (Wildman–Crippen MR) is 54.0 cm³/mol. The topological polar surface area (TPSA) is 38.7 Å². The monoisotopic (exact) mass is 196 g/mol. The molecule has 0 heterocycles. The molecule has 1 atom stereocenters. The molecule has 0 fully saturated rings. The van der Waals surface area contributed by atoms with Gasteiger partial charge in [-0.15, -0.1) is 0 Å². The number of aliphatic hydroxyl groups is 1. The van der Waals surface area contributed by atoms with Crippen molar-refractivity contribution in [3.63, 3.8) is 0 Å². The minimum Gasteiger partial charge on any atom is -0.394 e. The van der Waals surface area contributed by atoms with Crippen molar-refractivity contribution in [3.05, 3.63) is 35.9 Å². The first-order valence-corrected chi connectivity index (χ1v) is 4.62. The van der Waals surface area contributed by atoms with Crippen molar-refractivity contribution in [1.82, 2.24) is 0 Å². The second-order valence-electron chi connectivity index (χ2n) is 3.06. The maximum Gasteiger partial charge on any atom is 0.104 e. The van der Waals surface area contributed by atoms with Gasteiger partial charge in [-0.2, -0.15) is 0 Å². The Morgan fingerprint density at radius 3 is 2.57 bits per heavy atom. The highest BCUT2D eigenvalue weighted by molar-refractivity contribution is 5.13. The number of hydrogen-bond acceptors (Lipinski definition) is 3. The van der Waals surface area contributed by atoms with Crippen molar-refractivity contribution in [3.8, 4) is 0 Å². The lowest BCUT2D eigenvalue weighted by atomic mass is 10.2. The Morgan fingerprint density at radius 1 is 1.29 bits per heavy atom. The lowest BCUT2D eigenvalue weighted by molar-refractivity contribution is -0.0392. The third kappa shape index (κ3) is 3.87. The molecule has 0 aliphatic rings. The fraction of sp³-hybridized carbons (Fsp3) is 0.455. The Kier molecular flexibility index (Phi) is 5.22. The van der Waals surface area contributed by atoms with Gasteiger partial charge >= 0.3 is 0 Å². The second kappa shape index (κ2) is 6.54. The van der Waals surface area contributed by atoms with Gasteiger partial charge in [0, 0.05) is 7.11 Å². The average molecular weight is 196 g/mol. The molecule has 0 aliphatic carbocycles. The SMILES string of the molecule is COCC(CO)OCc1ccccc1. The number of hydrogen-bond donors (Lipinski definition) is 1.